The van der Waals surface area contributed by atoms with Gasteiger partial charge in [0.1, 0.15) is 0 Å². The van der Waals surface area contributed by atoms with Crippen LogP contribution in [0, 0.1) is 0 Å². The predicted octanol–water partition coefficient (Wildman–Crippen LogP) is 1.28. The van der Waals surface area contributed by atoms with E-state index in [1.54, 1.807) is 19.1 Å². The van der Waals surface area contributed by atoms with E-state index >= 15 is 0 Å². The third kappa shape index (κ3) is 3.03. The zero-order chi connectivity index (χ0) is 15.0. The smallest absolute Gasteiger partial charge is 0.243 e. The van der Waals surface area contributed by atoms with Gasteiger partial charge in [-0.15, -0.1) is 0 Å². The average Bonchev–Trinajstić information content (AvgIpc) is 2.79. The van der Waals surface area contributed by atoms with Crippen molar-refractivity contribution < 1.29 is 18.6 Å². The molecule has 0 saturated carbocycles. The SMILES string of the molecule is CCC(O)c1cccc(S(=O)(=O)N2CCC(C)(O)C2)c1. The largest absolute Gasteiger partial charge is 0.389 e. The summed E-state index contributed by atoms with van der Waals surface area (Å²) < 4.78 is 26.3. The molecule has 112 valence electrons. The van der Waals surface area contributed by atoms with Crippen LogP contribution in [0.2, 0.25) is 0 Å². The molecule has 6 heteroatoms. The summed E-state index contributed by atoms with van der Waals surface area (Å²) in [4.78, 5) is 0.167. The van der Waals surface area contributed by atoms with E-state index in [9.17, 15) is 18.6 Å². The molecule has 1 aromatic rings. The van der Waals surface area contributed by atoms with Crippen LogP contribution in [0.1, 0.15) is 38.4 Å². The van der Waals surface area contributed by atoms with E-state index in [0.29, 0.717) is 24.9 Å². The number of aliphatic hydroxyl groups excluding tert-OH is 1. The van der Waals surface area contributed by atoms with Gasteiger partial charge in [0, 0.05) is 13.1 Å². The lowest BCUT2D eigenvalue weighted by molar-refractivity contribution is 0.0762. The van der Waals surface area contributed by atoms with Crippen molar-refractivity contribution in [2.75, 3.05) is 13.1 Å². The summed E-state index contributed by atoms with van der Waals surface area (Å²) in [7, 11) is -3.61. The van der Waals surface area contributed by atoms with Gasteiger partial charge in [0.25, 0.3) is 0 Å². The van der Waals surface area contributed by atoms with Crippen molar-refractivity contribution in [1.82, 2.24) is 4.31 Å². The van der Waals surface area contributed by atoms with Gasteiger partial charge in [-0.2, -0.15) is 4.31 Å². The number of hydrogen-bond donors (Lipinski definition) is 2. The van der Waals surface area contributed by atoms with E-state index in [4.69, 9.17) is 0 Å². The van der Waals surface area contributed by atoms with Crippen molar-refractivity contribution >= 4 is 10.0 Å². The maximum absolute atomic E-state index is 12.5. The maximum atomic E-state index is 12.5. The fraction of sp³-hybridized carbons (Fsp3) is 0.571. The summed E-state index contributed by atoms with van der Waals surface area (Å²) in [5, 5.41) is 19.7. The minimum Gasteiger partial charge on any atom is -0.389 e. The summed E-state index contributed by atoms with van der Waals surface area (Å²) in [5.74, 6) is 0. The van der Waals surface area contributed by atoms with E-state index in [1.807, 2.05) is 6.92 Å². The quantitative estimate of drug-likeness (QED) is 0.878. The highest BCUT2D eigenvalue weighted by atomic mass is 32.2. The number of benzene rings is 1. The zero-order valence-corrected chi connectivity index (χ0v) is 12.6. The standard InChI is InChI=1S/C14H21NO4S/c1-3-13(16)11-5-4-6-12(9-11)20(18,19)15-8-7-14(2,17)10-15/h4-6,9,13,16-17H,3,7-8,10H2,1-2H3. The Kier molecular flexibility index (Phi) is 4.20. The molecule has 0 bridgehead atoms. The summed E-state index contributed by atoms with van der Waals surface area (Å²) in [6.07, 6.45) is 0.303. The fourth-order valence-corrected chi connectivity index (χ4v) is 3.99. The van der Waals surface area contributed by atoms with Crippen molar-refractivity contribution in [3.63, 3.8) is 0 Å². The van der Waals surface area contributed by atoms with Crippen molar-refractivity contribution in [3.05, 3.63) is 29.8 Å². The van der Waals surface area contributed by atoms with Crippen LogP contribution in [0.5, 0.6) is 0 Å². The van der Waals surface area contributed by atoms with Crippen LogP contribution in [-0.2, 0) is 10.0 Å². The first-order valence-corrected chi connectivity index (χ1v) is 8.21. The van der Waals surface area contributed by atoms with Crippen LogP contribution >= 0.6 is 0 Å². The molecule has 2 N–H and O–H groups in total. The van der Waals surface area contributed by atoms with Gasteiger partial charge >= 0.3 is 0 Å². The van der Waals surface area contributed by atoms with Crippen LogP contribution in [0.4, 0.5) is 0 Å². The number of β-amino-alcohol motifs (C(OH)–C–C–N with tert-alkyl or cyclic N) is 1. The van der Waals surface area contributed by atoms with Gasteiger partial charge in [-0.25, -0.2) is 8.42 Å². The first-order chi connectivity index (χ1) is 9.26. The lowest BCUT2D eigenvalue weighted by Crippen LogP contribution is -2.34. The molecule has 1 fully saturated rings. The van der Waals surface area contributed by atoms with E-state index in [0.717, 1.165) is 0 Å². The molecule has 1 aromatic carbocycles. The van der Waals surface area contributed by atoms with Crippen molar-refractivity contribution in [1.29, 1.82) is 0 Å². The van der Waals surface area contributed by atoms with Gasteiger partial charge in [0.15, 0.2) is 0 Å². The van der Waals surface area contributed by atoms with Crippen molar-refractivity contribution in [2.45, 2.75) is 43.3 Å². The second-order valence-electron chi connectivity index (χ2n) is 5.58. The van der Waals surface area contributed by atoms with E-state index in [1.165, 1.54) is 16.4 Å². The molecule has 1 saturated heterocycles. The second-order valence-corrected chi connectivity index (χ2v) is 7.52. The second kappa shape index (κ2) is 5.44. The molecule has 1 heterocycles. The van der Waals surface area contributed by atoms with Crippen LogP contribution in [-0.4, -0.2) is 41.6 Å². The number of aliphatic hydroxyl groups is 2. The summed E-state index contributed by atoms with van der Waals surface area (Å²) in [6, 6.07) is 6.38. The molecular weight excluding hydrogens is 278 g/mol. The predicted molar refractivity (Wildman–Crippen MR) is 75.7 cm³/mol. The van der Waals surface area contributed by atoms with Crippen LogP contribution in [0.25, 0.3) is 0 Å². The summed E-state index contributed by atoms with van der Waals surface area (Å²) in [5.41, 5.74) is -0.368. The molecule has 1 aliphatic rings. The van der Waals surface area contributed by atoms with Gasteiger partial charge in [0.05, 0.1) is 16.6 Å². The molecule has 0 aromatic heterocycles. The Morgan fingerprint density at radius 3 is 2.70 bits per heavy atom. The van der Waals surface area contributed by atoms with Gasteiger partial charge in [-0.05, 0) is 37.5 Å². The van der Waals surface area contributed by atoms with Gasteiger partial charge in [-0.3, -0.25) is 0 Å². The minimum absolute atomic E-state index is 0.107. The molecule has 2 atom stereocenters. The Morgan fingerprint density at radius 2 is 2.15 bits per heavy atom. The number of sulfonamides is 1. The molecule has 5 nitrogen and oxygen atoms in total. The Morgan fingerprint density at radius 1 is 1.45 bits per heavy atom. The summed E-state index contributed by atoms with van der Waals surface area (Å²) in [6.45, 7) is 3.90. The Labute approximate surface area is 119 Å². The molecule has 20 heavy (non-hydrogen) atoms. The lowest BCUT2D eigenvalue weighted by Gasteiger charge is -2.19. The molecule has 2 rings (SSSR count). The van der Waals surface area contributed by atoms with Crippen LogP contribution < -0.4 is 0 Å². The molecule has 0 aliphatic carbocycles. The van der Waals surface area contributed by atoms with Crippen molar-refractivity contribution in [2.24, 2.45) is 0 Å². The van der Waals surface area contributed by atoms with Crippen molar-refractivity contribution in [3.8, 4) is 0 Å². The molecule has 0 spiro atoms. The maximum Gasteiger partial charge on any atom is 0.243 e. The minimum atomic E-state index is -3.61. The Bertz CT molecular complexity index is 583. The number of hydrogen-bond acceptors (Lipinski definition) is 4. The third-order valence-electron chi connectivity index (χ3n) is 3.68. The highest BCUT2D eigenvalue weighted by Gasteiger charge is 2.38. The third-order valence-corrected chi connectivity index (χ3v) is 5.53. The van der Waals surface area contributed by atoms with E-state index < -0.39 is 21.7 Å². The topological polar surface area (TPSA) is 77.8 Å². The first-order valence-electron chi connectivity index (χ1n) is 6.77. The monoisotopic (exact) mass is 299 g/mol. The summed E-state index contributed by atoms with van der Waals surface area (Å²) >= 11 is 0. The van der Waals surface area contributed by atoms with E-state index in [2.05, 4.69) is 0 Å². The first kappa shape index (κ1) is 15.4. The molecule has 0 radical (unpaired) electrons. The normalized spacial score (nSPS) is 25.8. The van der Waals surface area contributed by atoms with Gasteiger partial charge in [-0.1, -0.05) is 19.1 Å². The molecule has 2 unspecified atom stereocenters. The molecule has 1 aliphatic heterocycles. The Balaban J connectivity index is 2.31. The molecular formula is C14H21NO4S. The van der Waals surface area contributed by atoms with Gasteiger partial charge in [0.2, 0.25) is 10.0 Å². The lowest BCUT2D eigenvalue weighted by atomic mass is 10.1. The number of rotatable bonds is 4. The highest BCUT2D eigenvalue weighted by molar-refractivity contribution is 7.89. The van der Waals surface area contributed by atoms with Crippen LogP contribution in [0.3, 0.4) is 0 Å². The average molecular weight is 299 g/mol. The van der Waals surface area contributed by atoms with Crippen LogP contribution in [0.15, 0.2) is 29.2 Å². The highest BCUT2D eigenvalue weighted by Crippen LogP contribution is 2.28. The van der Waals surface area contributed by atoms with E-state index in [-0.39, 0.29) is 11.4 Å². The van der Waals surface area contributed by atoms with Gasteiger partial charge < -0.3 is 10.2 Å². The zero-order valence-electron chi connectivity index (χ0n) is 11.8. The number of nitrogens with zero attached hydrogens (tertiary/aromatic N) is 1. The molecule has 0 amide bonds. The Hall–Kier alpha value is -0.950. The fourth-order valence-electron chi connectivity index (χ4n) is 2.38.